The third-order valence-corrected chi connectivity index (χ3v) is 2.13. The normalized spacial score (nSPS) is 9.94. The molecular formula is C14H18O3. The minimum atomic E-state index is -0.340. The van der Waals surface area contributed by atoms with Gasteiger partial charge in [0.15, 0.2) is 0 Å². The zero-order chi connectivity index (χ0) is 12.5. The van der Waals surface area contributed by atoms with E-state index in [9.17, 15) is 4.79 Å². The van der Waals surface area contributed by atoms with Crippen molar-refractivity contribution in [2.45, 2.75) is 20.0 Å². The lowest BCUT2D eigenvalue weighted by molar-refractivity contribution is -0.139. The van der Waals surface area contributed by atoms with Crippen molar-refractivity contribution >= 4 is 5.97 Å². The van der Waals surface area contributed by atoms with Gasteiger partial charge < -0.3 is 9.47 Å². The number of carbonyl (C=O) groups excluding carboxylic acids is 1. The second kappa shape index (κ2) is 7.63. The molecule has 17 heavy (non-hydrogen) atoms. The van der Waals surface area contributed by atoms with Crippen LogP contribution in [-0.2, 0) is 20.9 Å². The fourth-order valence-corrected chi connectivity index (χ4v) is 1.21. The molecule has 0 saturated carbocycles. The molecule has 0 unspecified atom stereocenters. The van der Waals surface area contributed by atoms with Gasteiger partial charge in [0.2, 0.25) is 0 Å². The van der Waals surface area contributed by atoms with Crippen LogP contribution in [0.5, 0.6) is 0 Å². The Labute approximate surface area is 102 Å². The van der Waals surface area contributed by atoms with Gasteiger partial charge in [-0.2, -0.15) is 0 Å². The number of ether oxygens (including phenoxy) is 2. The monoisotopic (exact) mass is 234 g/mol. The second-order valence-corrected chi connectivity index (χ2v) is 3.81. The first kappa shape index (κ1) is 13.5. The van der Waals surface area contributed by atoms with E-state index < -0.39 is 0 Å². The predicted octanol–water partition coefficient (Wildman–Crippen LogP) is 2.71. The van der Waals surface area contributed by atoms with Gasteiger partial charge in [0.25, 0.3) is 0 Å². The zero-order valence-electron chi connectivity index (χ0n) is 10.1. The molecule has 0 fully saturated rings. The zero-order valence-corrected chi connectivity index (χ0v) is 10.1. The molecule has 0 amide bonds. The Balaban J connectivity index is 2.02. The van der Waals surface area contributed by atoms with Crippen LogP contribution in [0.4, 0.5) is 0 Å². The summed E-state index contributed by atoms with van der Waals surface area (Å²) in [6, 6.07) is 9.96. The molecule has 1 aromatic rings. The summed E-state index contributed by atoms with van der Waals surface area (Å²) in [6.07, 6.45) is 0.700. The van der Waals surface area contributed by atoms with Gasteiger partial charge in [-0.1, -0.05) is 36.9 Å². The molecule has 0 heterocycles. The van der Waals surface area contributed by atoms with Crippen molar-refractivity contribution in [3.63, 3.8) is 0 Å². The van der Waals surface area contributed by atoms with Crippen molar-refractivity contribution < 1.29 is 14.3 Å². The molecule has 0 aliphatic heterocycles. The van der Waals surface area contributed by atoms with Crippen molar-refractivity contribution in [1.29, 1.82) is 0 Å². The highest BCUT2D eigenvalue weighted by atomic mass is 16.5. The van der Waals surface area contributed by atoms with E-state index >= 15 is 0 Å². The summed E-state index contributed by atoms with van der Waals surface area (Å²) in [4.78, 5) is 11.0. The number of hydrogen-bond donors (Lipinski definition) is 0. The van der Waals surface area contributed by atoms with Gasteiger partial charge in [0.1, 0.15) is 0 Å². The molecule has 3 nitrogen and oxygen atoms in total. The molecule has 0 bridgehead atoms. The minimum absolute atomic E-state index is 0.340. The summed E-state index contributed by atoms with van der Waals surface area (Å²) in [5, 5.41) is 0. The van der Waals surface area contributed by atoms with Crippen molar-refractivity contribution in [1.82, 2.24) is 0 Å². The maximum Gasteiger partial charge on any atom is 0.333 e. The lowest BCUT2D eigenvalue weighted by atomic mass is 10.2. The lowest BCUT2D eigenvalue weighted by Crippen LogP contribution is -2.08. The average Bonchev–Trinajstić information content (AvgIpc) is 2.34. The molecule has 0 spiro atoms. The van der Waals surface area contributed by atoms with E-state index in [-0.39, 0.29) is 5.97 Å². The topological polar surface area (TPSA) is 35.5 Å². The summed E-state index contributed by atoms with van der Waals surface area (Å²) in [6.45, 7) is 6.69. The summed E-state index contributed by atoms with van der Waals surface area (Å²) in [7, 11) is 0. The number of carbonyl (C=O) groups is 1. The van der Waals surface area contributed by atoms with Crippen LogP contribution in [-0.4, -0.2) is 19.2 Å². The third kappa shape index (κ3) is 5.88. The summed E-state index contributed by atoms with van der Waals surface area (Å²) < 4.78 is 10.4. The van der Waals surface area contributed by atoms with Crippen LogP contribution in [0, 0.1) is 0 Å². The maximum atomic E-state index is 11.0. The van der Waals surface area contributed by atoms with Gasteiger partial charge in [0, 0.05) is 12.0 Å². The van der Waals surface area contributed by atoms with Crippen molar-refractivity contribution in [3.8, 4) is 0 Å². The van der Waals surface area contributed by atoms with Gasteiger partial charge in [-0.3, -0.25) is 0 Å². The smallest absolute Gasteiger partial charge is 0.333 e. The largest absolute Gasteiger partial charge is 0.462 e. The third-order valence-electron chi connectivity index (χ3n) is 2.13. The molecule has 3 heteroatoms. The number of rotatable bonds is 7. The highest BCUT2D eigenvalue weighted by molar-refractivity contribution is 5.86. The molecule has 1 aromatic carbocycles. The highest BCUT2D eigenvalue weighted by Crippen LogP contribution is 2.01. The highest BCUT2D eigenvalue weighted by Gasteiger charge is 2.01. The summed E-state index contributed by atoms with van der Waals surface area (Å²) >= 11 is 0. The Kier molecular flexibility index (Phi) is 6.04. The summed E-state index contributed by atoms with van der Waals surface area (Å²) in [5.74, 6) is -0.340. The van der Waals surface area contributed by atoms with E-state index in [2.05, 4.69) is 6.58 Å². The second-order valence-electron chi connectivity index (χ2n) is 3.81. The van der Waals surface area contributed by atoms with E-state index in [1.54, 1.807) is 6.92 Å². The number of hydrogen-bond acceptors (Lipinski definition) is 3. The van der Waals surface area contributed by atoms with Gasteiger partial charge >= 0.3 is 5.97 Å². The first-order valence-corrected chi connectivity index (χ1v) is 5.64. The van der Waals surface area contributed by atoms with Crippen LogP contribution in [0.3, 0.4) is 0 Å². The minimum Gasteiger partial charge on any atom is -0.462 e. The maximum absolute atomic E-state index is 11.0. The predicted molar refractivity (Wildman–Crippen MR) is 66.5 cm³/mol. The van der Waals surface area contributed by atoms with Crippen molar-refractivity contribution in [3.05, 3.63) is 48.0 Å². The molecule has 0 atom stereocenters. The lowest BCUT2D eigenvalue weighted by Gasteiger charge is -2.05. The van der Waals surface area contributed by atoms with E-state index in [1.165, 1.54) is 0 Å². The van der Waals surface area contributed by atoms with Crippen LogP contribution in [0.25, 0.3) is 0 Å². The quantitative estimate of drug-likeness (QED) is 0.413. The van der Waals surface area contributed by atoms with Crippen molar-refractivity contribution in [2.75, 3.05) is 13.2 Å². The van der Waals surface area contributed by atoms with E-state index in [0.717, 1.165) is 5.56 Å². The Morgan fingerprint density at radius 3 is 2.59 bits per heavy atom. The molecule has 0 N–H and O–H groups in total. The van der Waals surface area contributed by atoms with Crippen LogP contribution in [0.1, 0.15) is 18.9 Å². The Bertz CT molecular complexity index is 357. The van der Waals surface area contributed by atoms with Gasteiger partial charge in [-0.25, -0.2) is 4.79 Å². The fourth-order valence-electron chi connectivity index (χ4n) is 1.21. The molecule has 92 valence electrons. The van der Waals surface area contributed by atoms with Crippen molar-refractivity contribution in [2.24, 2.45) is 0 Å². The van der Waals surface area contributed by atoms with Crippen LogP contribution in [0.15, 0.2) is 42.5 Å². The Morgan fingerprint density at radius 1 is 1.24 bits per heavy atom. The fraction of sp³-hybridized carbons (Fsp3) is 0.357. The first-order valence-electron chi connectivity index (χ1n) is 5.64. The first-order chi connectivity index (χ1) is 8.20. The summed E-state index contributed by atoms with van der Waals surface area (Å²) in [5.41, 5.74) is 1.57. The van der Waals surface area contributed by atoms with Gasteiger partial charge in [-0.05, 0) is 12.5 Å². The van der Waals surface area contributed by atoms with Gasteiger partial charge in [-0.15, -0.1) is 0 Å². The molecule has 0 aliphatic carbocycles. The molecular weight excluding hydrogens is 216 g/mol. The average molecular weight is 234 g/mol. The van der Waals surface area contributed by atoms with Gasteiger partial charge in [0.05, 0.1) is 19.8 Å². The van der Waals surface area contributed by atoms with Crippen LogP contribution >= 0.6 is 0 Å². The Morgan fingerprint density at radius 2 is 1.94 bits per heavy atom. The van der Waals surface area contributed by atoms with Crippen LogP contribution < -0.4 is 0 Å². The molecule has 0 saturated heterocycles. The Hall–Kier alpha value is -1.61. The molecule has 1 rings (SSSR count). The van der Waals surface area contributed by atoms with E-state index in [0.29, 0.717) is 31.8 Å². The number of benzene rings is 1. The van der Waals surface area contributed by atoms with E-state index in [4.69, 9.17) is 9.47 Å². The molecule has 0 radical (unpaired) electrons. The SMILES string of the molecule is C=C(C)C(=O)OCCCOCc1ccccc1. The number of esters is 1. The van der Waals surface area contributed by atoms with E-state index in [1.807, 2.05) is 30.3 Å². The van der Waals surface area contributed by atoms with Crippen LogP contribution in [0.2, 0.25) is 0 Å². The standard InChI is InChI=1S/C14H18O3/c1-12(2)14(15)17-10-6-9-16-11-13-7-4-3-5-8-13/h3-5,7-8H,1,6,9-11H2,2H3. The molecule has 0 aliphatic rings. The molecule has 0 aromatic heterocycles.